The van der Waals surface area contributed by atoms with Gasteiger partial charge in [-0.3, -0.25) is 9.89 Å². The van der Waals surface area contributed by atoms with Crippen LogP contribution in [0.25, 0.3) is 0 Å². The summed E-state index contributed by atoms with van der Waals surface area (Å²) < 4.78 is 5.45. The molecule has 0 spiro atoms. The lowest BCUT2D eigenvalue weighted by Crippen LogP contribution is -2.39. The molecule has 0 bridgehead atoms. The number of amides is 1. The molecule has 1 atom stereocenters. The van der Waals surface area contributed by atoms with Crippen LogP contribution in [-0.4, -0.2) is 47.3 Å². The van der Waals surface area contributed by atoms with Crippen LogP contribution in [0.3, 0.4) is 0 Å². The molecule has 5 heteroatoms. The van der Waals surface area contributed by atoms with Gasteiger partial charge in [-0.1, -0.05) is 0 Å². The van der Waals surface area contributed by atoms with E-state index in [1.807, 2.05) is 11.0 Å². The third-order valence-corrected chi connectivity index (χ3v) is 4.53. The van der Waals surface area contributed by atoms with Crippen LogP contribution in [0, 0.1) is 5.92 Å². The number of hydrogen-bond donors (Lipinski definition) is 1. The van der Waals surface area contributed by atoms with Crippen LogP contribution in [0.15, 0.2) is 12.3 Å². The molecular weight excluding hydrogens is 254 g/mol. The van der Waals surface area contributed by atoms with Gasteiger partial charge in [-0.15, -0.1) is 0 Å². The second-order valence-electron chi connectivity index (χ2n) is 5.95. The van der Waals surface area contributed by atoms with Crippen LogP contribution in [0.1, 0.15) is 43.7 Å². The minimum absolute atomic E-state index is 0.309. The zero-order chi connectivity index (χ0) is 13.8. The van der Waals surface area contributed by atoms with Crippen molar-refractivity contribution in [1.29, 1.82) is 0 Å². The van der Waals surface area contributed by atoms with Gasteiger partial charge in [0.2, 0.25) is 5.91 Å². The minimum Gasteiger partial charge on any atom is -0.381 e. The molecule has 3 rings (SSSR count). The average molecular weight is 277 g/mol. The van der Waals surface area contributed by atoms with Crippen molar-refractivity contribution in [2.45, 2.75) is 38.0 Å². The zero-order valence-corrected chi connectivity index (χ0v) is 11.9. The Kier molecular flexibility index (Phi) is 4.35. The number of ether oxygens (including phenoxy) is 1. The average Bonchev–Trinajstić information content (AvgIpc) is 3.03. The Hall–Kier alpha value is -1.36. The van der Waals surface area contributed by atoms with Gasteiger partial charge in [0.15, 0.2) is 0 Å². The maximum Gasteiger partial charge on any atom is 0.222 e. The third-order valence-electron chi connectivity index (χ3n) is 4.53. The van der Waals surface area contributed by atoms with Gasteiger partial charge < -0.3 is 9.64 Å². The number of carbonyl (C=O) groups excluding carboxylic acids is 1. The highest BCUT2D eigenvalue weighted by atomic mass is 16.5. The molecule has 3 heterocycles. The molecule has 1 aromatic rings. The molecule has 20 heavy (non-hydrogen) atoms. The Morgan fingerprint density at radius 1 is 1.40 bits per heavy atom. The van der Waals surface area contributed by atoms with Crippen LogP contribution in [0.4, 0.5) is 0 Å². The molecule has 0 radical (unpaired) electrons. The first-order chi connectivity index (χ1) is 9.83. The Labute approximate surface area is 119 Å². The number of nitrogens with one attached hydrogen (secondary N) is 1. The number of H-pyrrole nitrogens is 1. The first-order valence-corrected chi connectivity index (χ1v) is 7.67. The molecule has 0 aliphatic carbocycles. The summed E-state index contributed by atoms with van der Waals surface area (Å²) in [6.07, 6.45) is 6.77. The summed E-state index contributed by atoms with van der Waals surface area (Å²) >= 11 is 0. The van der Waals surface area contributed by atoms with E-state index in [9.17, 15) is 4.79 Å². The van der Waals surface area contributed by atoms with Gasteiger partial charge in [0.25, 0.3) is 0 Å². The summed E-state index contributed by atoms with van der Waals surface area (Å²) in [6.45, 7) is 3.36. The third kappa shape index (κ3) is 3.20. The lowest BCUT2D eigenvalue weighted by atomic mass is 9.92. The van der Waals surface area contributed by atoms with Crippen molar-refractivity contribution >= 4 is 5.91 Å². The highest BCUT2D eigenvalue weighted by molar-refractivity contribution is 5.76. The van der Waals surface area contributed by atoms with E-state index < -0.39 is 0 Å². The van der Waals surface area contributed by atoms with Crippen molar-refractivity contribution in [3.05, 3.63) is 18.0 Å². The van der Waals surface area contributed by atoms with E-state index in [0.717, 1.165) is 52.0 Å². The summed E-state index contributed by atoms with van der Waals surface area (Å²) in [7, 11) is 0. The van der Waals surface area contributed by atoms with E-state index in [2.05, 4.69) is 10.2 Å². The van der Waals surface area contributed by atoms with Crippen LogP contribution in [-0.2, 0) is 9.53 Å². The fraction of sp³-hybridized carbons (Fsp3) is 0.733. The van der Waals surface area contributed by atoms with Gasteiger partial charge in [0.05, 0.1) is 0 Å². The molecule has 5 nitrogen and oxygen atoms in total. The van der Waals surface area contributed by atoms with Crippen LogP contribution in [0.5, 0.6) is 0 Å². The van der Waals surface area contributed by atoms with E-state index in [4.69, 9.17) is 4.74 Å². The van der Waals surface area contributed by atoms with Gasteiger partial charge in [0, 0.05) is 50.5 Å². The Morgan fingerprint density at radius 3 is 2.90 bits per heavy atom. The monoisotopic (exact) mass is 277 g/mol. The van der Waals surface area contributed by atoms with Crippen molar-refractivity contribution in [3.63, 3.8) is 0 Å². The van der Waals surface area contributed by atoms with Crippen LogP contribution >= 0.6 is 0 Å². The Balaban J connectivity index is 1.46. The standard InChI is InChI=1S/C15H23N3O2/c19-15(10-12-2-1-9-20-11-12)18-7-4-13(5-8-18)14-3-6-16-17-14/h3,6,12-13H,1-2,4-5,7-11H2,(H,16,17)/t12-/m0/s1. The fourth-order valence-corrected chi connectivity index (χ4v) is 3.28. The summed E-state index contributed by atoms with van der Waals surface area (Å²) in [6, 6.07) is 2.04. The number of aromatic amines is 1. The van der Waals surface area contributed by atoms with Crippen LogP contribution in [0.2, 0.25) is 0 Å². The molecule has 0 saturated carbocycles. The van der Waals surface area contributed by atoms with Crippen molar-refractivity contribution in [2.75, 3.05) is 26.3 Å². The predicted octanol–water partition coefficient (Wildman–Crippen LogP) is 1.93. The van der Waals surface area contributed by atoms with Crippen molar-refractivity contribution in [3.8, 4) is 0 Å². The number of carbonyl (C=O) groups is 1. The number of hydrogen-bond acceptors (Lipinski definition) is 3. The number of aromatic nitrogens is 2. The molecule has 1 amide bonds. The lowest BCUT2D eigenvalue weighted by molar-refractivity contribution is -0.134. The maximum atomic E-state index is 12.3. The smallest absolute Gasteiger partial charge is 0.222 e. The molecule has 2 fully saturated rings. The van der Waals surface area contributed by atoms with E-state index in [1.54, 1.807) is 6.20 Å². The van der Waals surface area contributed by atoms with Gasteiger partial charge in [-0.25, -0.2) is 0 Å². The quantitative estimate of drug-likeness (QED) is 0.918. The Bertz CT molecular complexity index is 418. The highest BCUT2D eigenvalue weighted by Crippen LogP contribution is 2.27. The lowest BCUT2D eigenvalue weighted by Gasteiger charge is -2.33. The number of likely N-dealkylation sites (tertiary alicyclic amines) is 1. The molecule has 2 aliphatic heterocycles. The summed E-state index contributed by atoms with van der Waals surface area (Å²) in [5.74, 6) is 1.27. The van der Waals surface area contributed by atoms with E-state index >= 15 is 0 Å². The van der Waals surface area contributed by atoms with E-state index in [-0.39, 0.29) is 0 Å². The molecule has 2 aliphatic rings. The number of nitrogens with zero attached hydrogens (tertiary/aromatic N) is 2. The minimum atomic E-state index is 0.309. The molecule has 1 N–H and O–H groups in total. The molecule has 110 valence electrons. The molecule has 1 aromatic heterocycles. The van der Waals surface area contributed by atoms with Gasteiger partial charge in [-0.2, -0.15) is 5.10 Å². The highest BCUT2D eigenvalue weighted by Gasteiger charge is 2.26. The molecule has 0 unspecified atom stereocenters. The molecule has 0 aromatic carbocycles. The maximum absolute atomic E-state index is 12.3. The van der Waals surface area contributed by atoms with Gasteiger partial charge in [-0.05, 0) is 37.7 Å². The van der Waals surface area contributed by atoms with Gasteiger partial charge >= 0.3 is 0 Å². The normalized spacial score (nSPS) is 24.8. The second kappa shape index (κ2) is 6.39. The fourth-order valence-electron chi connectivity index (χ4n) is 3.28. The van der Waals surface area contributed by atoms with Crippen molar-refractivity contribution < 1.29 is 9.53 Å². The molecule has 2 saturated heterocycles. The second-order valence-corrected chi connectivity index (χ2v) is 5.95. The first kappa shape index (κ1) is 13.6. The van der Waals surface area contributed by atoms with Crippen LogP contribution < -0.4 is 0 Å². The SMILES string of the molecule is O=C(C[C@@H]1CCCOC1)N1CCC(c2ccn[nH]2)CC1. The summed E-state index contributed by atoms with van der Waals surface area (Å²) in [4.78, 5) is 14.3. The summed E-state index contributed by atoms with van der Waals surface area (Å²) in [5.41, 5.74) is 1.21. The van der Waals surface area contributed by atoms with Gasteiger partial charge in [0.1, 0.15) is 0 Å². The molecular formula is C15H23N3O2. The topological polar surface area (TPSA) is 58.2 Å². The van der Waals surface area contributed by atoms with E-state index in [1.165, 1.54) is 5.69 Å². The number of piperidine rings is 1. The zero-order valence-electron chi connectivity index (χ0n) is 11.9. The first-order valence-electron chi connectivity index (χ1n) is 7.67. The van der Waals surface area contributed by atoms with Crippen molar-refractivity contribution in [1.82, 2.24) is 15.1 Å². The Morgan fingerprint density at radius 2 is 2.25 bits per heavy atom. The van der Waals surface area contributed by atoms with E-state index in [0.29, 0.717) is 24.2 Å². The largest absolute Gasteiger partial charge is 0.381 e. The predicted molar refractivity (Wildman–Crippen MR) is 75.3 cm³/mol. The number of rotatable bonds is 3. The van der Waals surface area contributed by atoms with Crippen molar-refractivity contribution in [2.24, 2.45) is 5.92 Å². The summed E-state index contributed by atoms with van der Waals surface area (Å²) in [5, 5.41) is 7.06.